The minimum absolute atomic E-state index is 0.708. The van der Waals surface area contributed by atoms with Gasteiger partial charge in [0.1, 0.15) is 11.5 Å². The molecule has 5 heteroatoms. The highest BCUT2D eigenvalue weighted by molar-refractivity contribution is 9.11. The Morgan fingerprint density at radius 2 is 1.67 bits per heavy atom. The third-order valence-electron chi connectivity index (χ3n) is 3.11. The minimum atomic E-state index is 0.708. The summed E-state index contributed by atoms with van der Waals surface area (Å²) in [6.07, 6.45) is 0. The van der Waals surface area contributed by atoms with Crippen molar-refractivity contribution in [3.63, 3.8) is 0 Å². The zero-order valence-electron chi connectivity index (χ0n) is 12.0. The highest BCUT2D eigenvalue weighted by Crippen LogP contribution is 2.32. The van der Waals surface area contributed by atoms with E-state index in [1.807, 2.05) is 24.3 Å². The lowest BCUT2D eigenvalue weighted by Gasteiger charge is -2.13. The molecule has 0 saturated carbocycles. The molecule has 0 aromatic heterocycles. The Balaban J connectivity index is 2.07. The highest BCUT2D eigenvalue weighted by Gasteiger charge is 2.09. The average Bonchev–Trinajstić information content (AvgIpc) is 2.47. The van der Waals surface area contributed by atoms with Gasteiger partial charge < -0.3 is 14.8 Å². The number of ether oxygens (including phenoxy) is 2. The predicted octanol–water partition coefficient (Wildman–Crippen LogP) is 4.52. The summed E-state index contributed by atoms with van der Waals surface area (Å²) in [7, 11) is 3.37. The fourth-order valence-corrected chi connectivity index (χ4v) is 3.63. The molecule has 0 atom stereocenters. The van der Waals surface area contributed by atoms with Crippen molar-refractivity contribution < 1.29 is 9.47 Å². The first-order valence-corrected chi connectivity index (χ1v) is 8.08. The quantitative estimate of drug-likeness (QED) is 0.753. The van der Waals surface area contributed by atoms with Gasteiger partial charge in [-0.15, -0.1) is 0 Å². The van der Waals surface area contributed by atoms with E-state index in [1.165, 1.54) is 0 Å². The molecular weight excluding hydrogens is 398 g/mol. The number of hydrogen-bond donors (Lipinski definition) is 1. The van der Waals surface area contributed by atoms with Crippen LogP contribution in [0, 0.1) is 0 Å². The number of benzene rings is 2. The number of hydrogen-bond acceptors (Lipinski definition) is 3. The molecule has 1 N–H and O–H groups in total. The molecule has 0 fully saturated rings. The summed E-state index contributed by atoms with van der Waals surface area (Å²) < 4.78 is 12.8. The van der Waals surface area contributed by atoms with Gasteiger partial charge in [0.2, 0.25) is 0 Å². The molecule has 0 aliphatic carbocycles. The Labute approximate surface area is 141 Å². The lowest BCUT2D eigenvalue weighted by Crippen LogP contribution is -2.14. The smallest absolute Gasteiger partial charge is 0.137 e. The third-order valence-corrected chi connectivity index (χ3v) is 4.16. The Morgan fingerprint density at radius 1 is 0.952 bits per heavy atom. The van der Waals surface area contributed by atoms with Crippen molar-refractivity contribution in [3.8, 4) is 11.5 Å². The van der Waals surface area contributed by atoms with Gasteiger partial charge in [0.15, 0.2) is 0 Å². The molecule has 0 bridgehead atoms. The number of para-hydroxylation sites is 1. The zero-order chi connectivity index (χ0) is 15.2. The van der Waals surface area contributed by atoms with Crippen LogP contribution in [0.3, 0.4) is 0 Å². The van der Waals surface area contributed by atoms with Gasteiger partial charge in [0.25, 0.3) is 0 Å². The molecular formula is C16H17Br2NO2. The van der Waals surface area contributed by atoms with Crippen LogP contribution in [0.5, 0.6) is 11.5 Å². The molecule has 2 aromatic rings. The maximum absolute atomic E-state index is 5.45. The van der Waals surface area contributed by atoms with Crippen molar-refractivity contribution in [2.24, 2.45) is 0 Å². The first kappa shape index (κ1) is 16.3. The molecule has 0 spiro atoms. The second-order valence-electron chi connectivity index (χ2n) is 4.50. The second kappa shape index (κ2) is 7.82. The first-order valence-electron chi connectivity index (χ1n) is 6.50. The van der Waals surface area contributed by atoms with Crippen LogP contribution in [0.4, 0.5) is 0 Å². The number of rotatable bonds is 6. The summed E-state index contributed by atoms with van der Waals surface area (Å²) in [6.45, 7) is 1.44. The molecule has 0 amide bonds. The van der Waals surface area contributed by atoms with Crippen LogP contribution in [0.2, 0.25) is 0 Å². The van der Waals surface area contributed by atoms with Gasteiger partial charge in [-0.2, -0.15) is 0 Å². The molecule has 3 nitrogen and oxygen atoms in total. The fourth-order valence-electron chi connectivity index (χ4n) is 2.15. The summed E-state index contributed by atoms with van der Waals surface area (Å²) in [5, 5.41) is 3.42. The van der Waals surface area contributed by atoms with E-state index in [-0.39, 0.29) is 0 Å². The van der Waals surface area contributed by atoms with E-state index >= 15 is 0 Å². The van der Waals surface area contributed by atoms with Gasteiger partial charge in [-0.25, -0.2) is 0 Å². The topological polar surface area (TPSA) is 30.5 Å². The second-order valence-corrected chi connectivity index (χ2v) is 6.27. The maximum Gasteiger partial charge on any atom is 0.137 e. The summed E-state index contributed by atoms with van der Waals surface area (Å²) in [6, 6.07) is 12.0. The van der Waals surface area contributed by atoms with Crippen LogP contribution in [0.15, 0.2) is 45.3 Å². The van der Waals surface area contributed by atoms with E-state index < -0.39 is 0 Å². The Hall–Kier alpha value is -1.04. The lowest BCUT2D eigenvalue weighted by atomic mass is 10.1. The normalized spacial score (nSPS) is 10.5. The summed E-state index contributed by atoms with van der Waals surface area (Å²) >= 11 is 7.02. The molecule has 21 heavy (non-hydrogen) atoms. The standard InChI is InChI=1S/C16H17Br2NO2/c1-20-15-6-4-3-5-11(15)9-19-10-12-7-13(17)8-14(18)16(12)21-2/h3-8,19H,9-10H2,1-2H3. The predicted molar refractivity (Wildman–Crippen MR) is 91.9 cm³/mol. The van der Waals surface area contributed by atoms with Crippen molar-refractivity contribution in [2.45, 2.75) is 13.1 Å². The summed E-state index contributed by atoms with van der Waals surface area (Å²) in [5.74, 6) is 1.75. The Bertz CT molecular complexity index is 617. The lowest BCUT2D eigenvalue weighted by molar-refractivity contribution is 0.402. The van der Waals surface area contributed by atoms with E-state index in [1.54, 1.807) is 14.2 Å². The first-order chi connectivity index (χ1) is 10.2. The largest absolute Gasteiger partial charge is 0.496 e. The molecule has 0 aliphatic rings. The number of halogens is 2. The number of methoxy groups -OCH3 is 2. The van der Waals surface area contributed by atoms with Crippen molar-refractivity contribution in [3.05, 3.63) is 56.5 Å². The minimum Gasteiger partial charge on any atom is -0.496 e. The van der Waals surface area contributed by atoms with Crippen LogP contribution in [0.1, 0.15) is 11.1 Å². The van der Waals surface area contributed by atoms with Crippen LogP contribution < -0.4 is 14.8 Å². The van der Waals surface area contributed by atoms with E-state index in [2.05, 4.69) is 49.3 Å². The van der Waals surface area contributed by atoms with Gasteiger partial charge in [-0.3, -0.25) is 0 Å². The third kappa shape index (κ3) is 4.22. The van der Waals surface area contributed by atoms with Crippen molar-refractivity contribution in [1.29, 1.82) is 0 Å². The SMILES string of the molecule is COc1ccccc1CNCc1cc(Br)cc(Br)c1OC. The van der Waals surface area contributed by atoms with Gasteiger partial charge >= 0.3 is 0 Å². The summed E-state index contributed by atoms with van der Waals surface area (Å²) in [4.78, 5) is 0. The maximum atomic E-state index is 5.45. The van der Waals surface area contributed by atoms with Gasteiger partial charge in [-0.05, 0) is 34.1 Å². The molecule has 0 radical (unpaired) electrons. The van der Waals surface area contributed by atoms with Crippen LogP contribution in [0.25, 0.3) is 0 Å². The molecule has 0 unspecified atom stereocenters. The molecule has 0 heterocycles. The van der Waals surface area contributed by atoms with Crippen molar-refractivity contribution in [2.75, 3.05) is 14.2 Å². The van der Waals surface area contributed by atoms with Crippen LogP contribution in [-0.4, -0.2) is 14.2 Å². The summed E-state index contributed by atoms with van der Waals surface area (Å²) in [5.41, 5.74) is 2.22. The Kier molecular flexibility index (Phi) is 6.08. The van der Waals surface area contributed by atoms with Gasteiger partial charge in [0.05, 0.1) is 18.7 Å². The van der Waals surface area contributed by atoms with E-state index in [4.69, 9.17) is 9.47 Å². The average molecular weight is 415 g/mol. The van der Waals surface area contributed by atoms with Crippen LogP contribution >= 0.6 is 31.9 Å². The van der Waals surface area contributed by atoms with Crippen molar-refractivity contribution in [1.82, 2.24) is 5.32 Å². The molecule has 0 aliphatic heterocycles. The number of nitrogens with one attached hydrogen (secondary N) is 1. The highest BCUT2D eigenvalue weighted by atomic mass is 79.9. The zero-order valence-corrected chi connectivity index (χ0v) is 15.1. The molecule has 2 aromatic carbocycles. The Morgan fingerprint density at radius 3 is 2.38 bits per heavy atom. The van der Waals surface area contributed by atoms with Gasteiger partial charge in [-0.1, -0.05) is 34.1 Å². The van der Waals surface area contributed by atoms with Gasteiger partial charge in [0, 0.05) is 28.7 Å². The monoisotopic (exact) mass is 413 g/mol. The molecule has 2 rings (SSSR count). The van der Waals surface area contributed by atoms with Crippen molar-refractivity contribution >= 4 is 31.9 Å². The molecule has 0 saturated heterocycles. The van der Waals surface area contributed by atoms with Crippen LogP contribution in [-0.2, 0) is 13.1 Å². The van der Waals surface area contributed by atoms with E-state index in [0.29, 0.717) is 6.54 Å². The fraction of sp³-hybridized carbons (Fsp3) is 0.250. The van der Waals surface area contributed by atoms with E-state index in [9.17, 15) is 0 Å². The van der Waals surface area contributed by atoms with E-state index in [0.717, 1.165) is 38.1 Å². The molecule has 112 valence electrons.